The third kappa shape index (κ3) is 15.3. The van der Waals surface area contributed by atoms with Crippen molar-refractivity contribution in [2.45, 2.75) is 49.5 Å². The molecule has 7 aromatic carbocycles. The number of rotatable bonds is 27. The molecule has 0 aliphatic carbocycles. The highest BCUT2D eigenvalue weighted by Crippen LogP contribution is 2.38. The molecule has 0 aromatic heterocycles. The van der Waals surface area contributed by atoms with Gasteiger partial charge in [-0.05, 0) is 72.8 Å². The fourth-order valence-corrected chi connectivity index (χ4v) is 8.29. The Balaban J connectivity index is 1.27. The van der Waals surface area contributed by atoms with Gasteiger partial charge in [-0.1, -0.05) is 146 Å². The first-order valence-electron chi connectivity index (χ1n) is 25.5. The zero-order valence-electron chi connectivity index (χ0n) is 43.5. The highest BCUT2D eigenvalue weighted by Gasteiger charge is 2.59. The van der Waals surface area contributed by atoms with E-state index in [2.05, 4.69) is 0 Å². The monoisotopic (exact) mass is 1080 g/mol. The van der Waals surface area contributed by atoms with Crippen molar-refractivity contribution in [1.29, 1.82) is 0 Å². The van der Waals surface area contributed by atoms with Crippen LogP contribution in [-0.2, 0) is 47.4 Å². The molecule has 1 aliphatic heterocycles. The van der Waals surface area contributed by atoms with Crippen LogP contribution in [0, 0.1) is 5.92 Å². The van der Waals surface area contributed by atoms with E-state index in [9.17, 15) is 33.6 Å². The molecule has 0 amide bonds. The molecular weight excluding hydrogens is 1030 g/mol. The molecule has 8 atom stereocenters. The second kappa shape index (κ2) is 28.0. The lowest BCUT2D eigenvalue weighted by Gasteiger charge is -2.44. The van der Waals surface area contributed by atoms with Gasteiger partial charge in [0.1, 0.15) is 32.0 Å². The second-order valence-electron chi connectivity index (χ2n) is 18.3. The van der Waals surface area contributed by atoms with Gasteiger partial charge in [0.2, 0.25) is 12.1 Å². The van der Waals surface area contributed by atoms with Crippen LogP contribution >= 0.6 is 0 Å². The van der Waals surface area contributed by atoms with Gasteiger partial charge >= 0.3 is 35.8 Å². The van der Waals surface area contributed by atoms with Crippen molar-refractivity contribution in [3.8, 4) is 0 Å². The Labute approximate surface area is 461 Å². The van der Waals surface area contributed by atoms with Crippen molar-refractivity contribution in [3.63, 3.8) is 0 Å². The minimum absolute atomic E-state index is 0.00437. The van der Waals surface area contributed by atoms with Crippen LogP contribution in [0.3, 0.4) is 0 Å². The Morgan fingerprint density at radius 1 is 0.463 bits per heavy atom. The molecule has 1 heterocycles. The number of hydrogen-bond donors (Lipinski definition) is 0. The molecule has 7 aromatic rings. The highest BCUT2D eigenvalue weighted by atomic mass is 16.8. The molecule has 0 radical (unpaired) electrons. The zero-order valence-corrected chi connectivity index (χ0v) is 43.5. The smallest absolute Gasteiger partial charge is 0.338 e. The van der Waals surface area contributed by atoms with Crippen molar-refractivity contribution >= 4 is 41.6 Å². The van der Waals surface area contributed by atoms with E-state index in [0.29, 0.717) is 0 Å². The number of esters is 6. The van der Waals surface area contributed by atoms with Gasteiger partial charge in [0.25, 0.3) is 0 Å². The Bertz CT molecular complexity index is 3150. The molecule has 17 nitrogen and oxygen atoms in total. The van der Waals surface area contributed by atoms with E-state index in [1.54, 1.807) is 164 Å². The van der Waals surface area contributed by atoms with Crippen LogP contribution in [0.15, 0.2) is 212 Å². The number of carbonyl (C=O) groups is 7. The maximum absolute atomic E-state index is 14.7. The predicted octanol–water partition coefficient (Wildman–Crippen LogP) is 9.22. The molecule has 410 valence electrons. The van der Waals surface area contributed by atoms with E-state index < -0.39 is 110 Å². The van der Waals surface area contributed by atoms with Crippen molar-refractivity contribution in [2.75, 3.05) is 33.5 Å². The Morgan fingerprint density at radius 2 is 0.838 bits per heavy atom. The summed E-state index contributed by atoms with van der Waals surface area (Å²) in [6.07, 6.45) is -9.84. The van der Waals surface area contributed by atoms with Crippen LogP contribution in [0.2, 0.25) is 0 Å². The summed E-state index contributed by atoms with van der Waals surface area (Å²) in [5.74, 6) is -9.72. The van der Waals surface area contributed by atoms with E-state index in [-0.39, 0.29) is 45.6 Å². The van der Waals surface area contributed by atoms with Gasteiger partial charge in [0.05, 0.1) is 40.0 Å². The number of benzene rings is 7. The van der Waals surface area contributed by atoms with Gasteiger partial charge in [-0.2, -0.15) is 0 Å². The lowest BCUT2D eigenvalue weighted by atomic mass is 9.93. The van der Waals surface area contributed by atoms with E-state index in [1.807, 2.05) is 0 Å². The van der Waals surface area contributed by atoms with Crippen LogP contribution < -0.4 is 0 Å². The Hall–Kier alpha value is -9.13. The van der Waals surface area contributed by atoms with Crippen molar-refractivity contribution in [3.05, 3.63) is 251 Å². The number of ether oxygens (including phenoxy) is 10. The van der Waals surface area contributed by atoms with Crippen LogP contribution in [0.4, 0.5) is 0 Å². The summed E-state index contributed by atoms with van der Waals surface area (Å²) in [5, 5.41) is 0. The Kier molecular flexibility index (Phi) is 19.9. The summed E-state index contributed by atoms with van der Waals surface area (Å²) in [4.78, 5) is 98.5. The SMILES string of the molecule is CO[C@@](COC(=O)c1ccccc1)(O[C@@H](OCC(=O)c1ccccc1)[C@@H](OC(=O)c1ccccc1)C1O[C@@H]1COC(=O)c1ccccc1)C(OC(=O)c1ccccc1)[C@@H](OC(=O)c1ccccc1)[C@H](C)COC(=O)c1ccccc1. The molecule has 0 saturated carbocycles. The average Bonchev–Trinajstić information content (AvgIpc) is 4.32. The third-order valence-electron chi connectivity index (χ3n) is 12.7. The third-order valence-corrected chi connectivity index (χ3v) is 12.7. The van der Waals surface area contributed by atoms with Crippen LogP contribution in [0.5, 0.6) is 0 Å². The Morgan fingerprint density at radius 3 is 1.27 bits per heavy atom. The predicted molar refractivity (Wildman–Crippen MR) is 286 cm³/mol. The molecule has 1 saturated heterocycles. The number of hydrogen-bond acceptors (Lipinski definition) is 17. The summed E-state index contributed by atoms with van der Waals surface area (Å²) in [5.41, 5.74) is 0.849. The highest BCUT2D eigenvalue weighted by molar-refractivity contribution is 5.97. The topological polar surface area (TPSA) is 215 Å². The first-order valence-corrected chi connectivity index (χ1v) is 25.5. The maximum atomic E-state index is 14.7. The molecule has 0 N–H and O–H groups in total. The fourth-order valence-electron chi connectivity index (χ4n) is 8.29. The maximum Gasteiger partial charge on any atom is 0.338 e. The fraction of sp³-hybridized carbons (Fsp3) is 0.222. The van der Waals surface area contributed by atoms with Crippen molar-refractivity contribution < 1.29 is 80.9 Å². The standard InChI is InChI=1S/C63H56O17/c1-42(38-72-56(65)44-26-12-4-13-27-44)52(77-59(68)47-32-18-7-19-33-47)55(79-61(70)49-36-22-9-23-37-49)63(71-2,41-75-58(67)46-30-16-6-17-31-46)80-62(74-39-50(64)43-24-10-3-11-25-43)54(78-60(69)48-34-20-8-21-35-48)53-51(76-53)40-73-57(66)45-28-14-5-15-29-45/h3-37,42,51-55,62H,38-41H2,1-2H3/t42-,51-,52+,53?,54+,55?,62-,63+/m1/s1. The molecule has 0 spiro atoms. The van der Waals surface area contributed by atoms with E-state index in [0.717, 1.165) is 7.11 Å². The van der Waals surface area contributed by atoms with Gasteiger partial charge in [-0.25, -0.2) is 28.8 Å². The van der Waals surface area contributed by atoms with Crippen LogP contribution in [0.1, 0.15) is 79.4 Å². The second-order valence-corrected chi connectivity index (χ2v) is 18.3. The molecule has 1 fully saturated rings. The normalized spacial score (nSPS) is 16.1. The summed E-state index contributed by atoms with van der Waals surface area (Å²) in [6, 6.07) is 55.7. The van der Waals surface area contributed by atoms with Gasteiger partial charge in [0, 0.05) is 18.6 Å². The average molecular weight is 1090 g/mol. The molecule has 80 heavy (non-hydrogen) atoms. The molecule has 0 bridgehead atoms. The van der Waals surface area contributed by atoms with E-state index in [4.69, 9.17) is 47.4 Å². The number of Topliss-reactive ketones (excluding diaryl/α,β-unsaturated/α-hetero) is 1. The largest absolute Gasteiger partial charge is 0.462 e. The number of methoxy groups -OCH3 is 1. The summed E-state index contributed by atoms with van der Waals surface area (Å²) >= 11 is 0. The molecule has 17 heteroatoms. The quantitative estimate of drug-likeness (QED) is 0.0154. The number of carbonyl (C=O) groups excluding carboxylic acids is 7. The minimum Gasteiger partial charge on any atom is -0.462 e. The summed E-state index contributed by atoms with van der Waals surface area (Å²) in [6.45, 7) is -1.12. The zero-order chi connectivity index (χ0) is 56.3. The first kappa shape index (κ1) is 57.1. The van der Waals surface area contributed by atoms with Crippen molar-refractivity contribution in [2.24, 2.45) is 5.92 Å². The van der Waals surface area contributed by atoms with Crippen LogP contribution in [0.25, 0.3) is 0 Å². The van der Waals surface area contributed by atoms with Gasteiger partial charge in [-0.15, -0.1) is 0 Å². The molecule has 2 unspecified atom stereocenters. The van der Waals surface area contributed by atoms with Gasteiger partial charge < -0.3 is 47.4 Å². The number of ketones is 1. The van der Waals surface area contributed by atoms with Gasteiger partial charge in [0.15, 0.2) is 24.1 Å². The lowest BCUT2D eigenvalue weighted by molar-refractivity contribution is -0.363. The van der Waals surface area contributed by atoms with E-state index in [1.165, 1.54) is 55.5 Å². The summed E-state index contributed by atoms with van der Waals surface area (Å²) in [7, 11) is 1.12. The molecular formula is C63H56O17. The molecule has 8 rings (SSSR count). The van der Waals surface area contributed by atoms with Gasteiger partial charge in [-0.3, -0.25) is 4.79 Å². The number of epoxide rings is 1. The van der Waals surface area contributed by atoms with E-state index >= 15 is 0 Å². The van der Waals surface area contributed by atoms with Crippen molar-refractivity contribution in [1.82, 2.24) is 0 Å². The minimum atomic E-state index is -2.74. The lowest BCUT2D eigenvalue weighted by Crippen LogP contribution is -2.63. The first-order chi connectivity index (χ1) is 38.9. The van der Waals surface area contributed by atoms with Crippen LogP contribution in [-0.4, -0.2) is 118 Å². The summed E-state index contributed by atoms with van der Waals surface area (Å²) < 4.78 is 62.5. The molecule has 1 aliphatic rings.